The summed E-state index contributed by atoms with van der Waals surface area (Å²) in [6, 6.07) is 42.6. The largest absolute Gasteiger partial charge is 0.0617 e. The summed E-state index contributed by atoms with van der Waals surface area (Å²) in [5.41, 5.74) is 8.96. The molecule has 0 amide bonds. The van der Waals surface area contributed by atoms with Gasteiger partial charge in [0.2, 0.25) is 0 Å². The Balaban J connectivity index is 1.17. The minimum Gasteiger partial charge on any atom is -0.0617 e. The third-order valence-electron chi connectivity index (χ3n) is 7.00. The highest BCUT2D eigenvalue weighted by Gasteiger charge is 1.99. The molecule has 0 aliphatic rings. The zero-order valence-corrected chi connectivity index (χ0v) is 22.7. The molecule has 0 saturated carbocycles. The molecule has 0 unspecified atom stereocenters. The molecular formula is C40H28. The lowest BCUT2D eigenvalue weighted by atomic mass is 10.0. The van der Waals surface area contributed by atoms with Gasteiger partial charge in [0.05, 0.1) is 0 Å². The maximum Gasteiger partial charge on any atom is 0.0255 e. The van der Waals surface area contributed by atoms with E-state index in [1.165, 1.54) is 43.8 Å². The van der Waals surface area contributed by atoms with Crippen molar-refractivity contribution in [3.8, 4) is 23.7 Å². The van der Waals surface area contributed by atoms with Crippen molar-refractivity contribution < 1.29 is 0 Å². The van der Waals surface area contributed by atoms with Gasteiger partial charge in [-0.05, 0) is 107 Å². The number of hydrogen-bond acceptors (Lipinski definition) is 0. The van der Waals surface area contributed by atoms with Gasteiger partial charge in [-0.15, -0.1) is 0 Å². The SMILES string of the molecule is Cc1ccc(C#Cc2ccc3cc(/C=C/c4ccc5cc(C#Cc6ccc(C)cc6)ccc5c4)ccc3c2)cc1. The first-order valence-electron chi connectivity index (χ1n) is 13.5. The van der Waals surface area contributed by atoms with Gasteiger partial charge >= 0.3 is 0 Å². The molecule has 0 heteroatoms. The van der Waals surface area contributed by atoms with E-state index in [1.807, 2.05) is 0 Å². The summed E-state index contributed by atoms with van der Waals surface area (Å²) in [4.78, 5) is 0. The van der Waals surface area contributed by atoms with Gasteiger partial charge in [-0.3, -0.25) is 0 Å². The first-order valence-corrected chi connectivity index (χ1v) is 13.5. The van der Waals surface area contributed by atoms with Crippen LogP contribution >= 0.6 is 0 Å². The van der Waals surface area contributed by atoms with Gasteiger partial charge in [0.1, 0.15) is 0 Å². The average Bonchev–Trinajstić information content (AvgIpc) is 2.99. The van der Waals surface area contributed by atoms with Gasteiger partial charge in [-0.2, -0.15) is 0 Å². The second-order valence-corrected chi connectivity index (χ2v) is 10.2. The molecule has 0 aliphatic heterocycles. The van der Waals surface area contributed by atoms with Crippen molar-refractivity contribution in [2.75, 3.05) is 0 Å². The summed E-state index contributed by atoms with van der Waals surface area (Å²) in [6.45, 7) is 4.18. The second-order valence-electron chi connectivity index (χ2n) is 10.2. The van der Waals surface area contributed by atoms with Crippen molar-refractivity contribution >= 4 is 33.7 Å². The fourth-order valence-electron chi connectivity index (χ4n) is 4.65. The predicted octanol–water partition coefficient (Wildman–Crippen LogP) is 9.58. The molecule has 0 fully saturated rings. The number of benzene rings is 6. The van der Waals surface area contributed by atoms with Gasteiger partial charge in [0.25, 0.3) is 0 Å². The lowest BCUT2D eigenvalue weighted by Gasteiger charge is -2.03. The topological polar surface area (TPSA) is 0 Å². The van der Waals surface area contributed by atoms with Crippen LogP contribution in [0.4, 0.5) is 0 Å². The zero-order chi connectivity index (χ0) is 27.3. The summed E-state index contributed by atoms with van der Waals surface area (Å²) in [5, 5.41) is 4.81. The fourth-order valence-corrected chi connectivity index (χ4v) is 4.65. The van der Waals surface area contributed by atoms with Crippen LogP contribution in [-0.2, 0) is 0 Å². The molecule has 0 aromatic heterocycles. The summed E-state index contributed by atoms with van der Waals surface area (Å²) in [6.07, 6.45) is 4.35. The summed E-state index contributed by atoms with van der Waals surface area (Å²) >= 11 is 0. The highest BCUT2D eigenvalue weighted by Crippen LogP contribution is 2.22. The molecule has 0 atom stereocenters. The van der Waals surface area contributed by atoms with E-state index in [9.17, 15) is 0 Å². The lowest BCUT2D eigenvalue weighted by molar-refractivity contribution is 1.46. The standard InChI is InChI=1S/C40H28/c1-29-3-7-31(8-4-29)11-13-33-17-21-39-27-35(19-23-37(39)25-33)15-16-36-20-24-38-26-34(18-22-40(38)28-36)14-12-32-9-5-30(2)6-10-32/h3-10,15-28H,1-2H3/b16-15+. The smallest absolute Gasteiger partial charge is 0.0255 e. The van der Waals surface area contributed by atoms with Crippen molar-refractivity contribution in [1.82, 2.24) is 0 Å². The van der Waals surface area contributed by atoms with Crippen LogP contribution in [0.25, 0.3) is 33.7 Å². The Bertz CT molecular complexity index is 1850. The van der Waals surface area contributed by atoms with Gasteiger partial charge in [-0.25, -0.2) is 0 Å². The first-order chi connectivity index (χ1) is 19.6. The highest BCUT2D eigenvalue weighted by molar-refractivity contribution is 5.89. The predicted molar refractivity (Wildman–Crippen MR) is 171 cm³/mol. The van der Waals surface area contributed by atoms with Gasteiger partial charge < -0.3 is 0 Å². The van der Waals surface area contributed by atoms with Crippen LogP contribution in [0.15, 0.2) is 121 Å². The maximum atomic E-state index is 3.30. The first kappa shape index (κ1) is 25.0. The normalized spacial score (nSPS) is 10.8. The Hall–Kier alpha value is -5.30. The Kier molecular flexibility index (Phi) is 7.01. The highest BCUT2D eigenvalue weighted by atomic mass is 14.0. The summed E-state index contributed by atoms with van der Waals surface area (Å²) in [5.74, 6) is 13.1. The number of rotatable bonds is 2. The van der Waals surface area contributed by atoms with Crippen LogP contribution in [0.1, 0.15) is 44.5 Å². The van der Waals surface area contributed by atoms with Crippen LogP contribution in [0.2, 0.25) is 0 Å². The van der Waals surface area contributed by atoms with Crippen molar-refractivity contribution in [2.45, 2.75) is 13.8 Å². The van der Waals surface area contributed by atoms with Crippen LogP contribution in [-0.4, -0.2) is 0 Å². The molecule has 6 aromatic rings. The number of fused-ring (bicyclic) bond motifs is 2. The molecule has 0 saturated heterocycles. The molecule has 0 heterocycles. The Labute approximate surface area is 236 Å². The van der Waals surface area contributed by atoms with E-state index in [0.29, 0.717) is 0 Å². The molecule has 0 bridgehead atoms. The number of hydrogen-bond donors (Lipinski definition) is 0. The monoisotopic (exact) mass is 508 g/mol. The summed E-state index contributed by atoms with van der Waals surface area (Å²) < 4.78 is 0. The van der Waals surface area contributed by atoms with E-state index in [4.69, 9.17) is 0 Å². The van der Waals surface area contributed by atoms with Crippen LogP contribution in [0.5, 0.6) is 0 Å². The van der Waals surface area contributed by atoms with Crippen LogP contribution in [0, 0.1) is 37.5 Å². The maximum absolute atomic E-state index is 3.30. The van der Waals surface area contributed by atoms with Crippen molar-refractivity contribution in [2.24, 2.45) is 0 Å². The van der Waals surface area contributed by atoms with E-state index >= 15 is 0 Å². The Morgan fingerprint density at radius 3 is 1.10 bits per heavy atom. The van der Waals surface area contributed by atoms with Gasteiger partial charge in [0.15, 0.2) is 0 Å². The van der Waals surface area contributed by atoms with E-state index in [2.05, 4.69) is 171 Å². The molecule has 188 valence electrons. The minimum absolute atomic E-state index is 1.02. The van der Waals surface area contributed by atoms with E-state index in [0.717, 1.165) is 22.3 Å². The van der Waals surface area contributed by atoms with Crippen molar-refractivity contribution in [1.29, 1.82) is 0 Å². The molecule has 40 heavy (non-hydrogen) atoms. The van der Waals surface area contributed by atoms with Gasteiger partial charge in [-0.1, -0.05) is 108 Å². The third kappa shape index (κ3) is 6.05. The molecule has 0 radical (unpaired) electrons. The lowest BCUT2D eigenvalue weighted by Crippen LogP contribution is -1.81. The third-order valence-corrected chi connectivity index (χ3v) is 7.00. The molecule has 0 nitrogen and oxygen atoms in total. The van der Waals surface area contributed by atoms with Crippen LogP contribution in [0.3, 0.4) is 0 Å². The molecule has 0 spiro atoms. The quantitative estimate of drug-likeness (QED) is 0.161. The Morgan fingerprint density at radius 1 is 0.350 bits per heavy atom. The second kappa shape index (κ2) is 11.2. The molecule has 0 N–H and O–H groups in total. The van der Waals surface area contributed by atoms with Crippen molar-refractivity contribution in [3.05, 3.63) is 166 Å². The van der Waals surface area contributed by atoms with Gasteiger partial charge in [0, 0.05) is 22.3 Å². The number of aryl methyl sites for hydroxylation is 2. The molecule has 6 rings (SSSR count). The molecule has 6 aromatic carbocycles. The average molecular weight is 509 g/mol. The fraction of sp³-hybridized carbons (Fsp3) is 0.0500. The van der Waals surface area contributed by atoms with Crippen LogP contribution < -0.4 is 0 Å². The van der Waals surface area contributed by atoms with Crippen molar-refractivity contribution in [3.63, 3.8) is 0 Å². The minimum atomic E-state index is 1.02. The van der Waals surface area contributed by atoms with E-state index in [1.54, 1.807) is 0 Å². The van der Waals surface area contributed by atoms with E-state index in [-0.39, 0.29) is 0 Å². The molecule has 0 aliphatic carbocycles. The summed E-state index contributed by atoms with van der Waals surface area (Å²) in [7, 11) is 0. The molecular weight excluding hydrogens is 480 g/mol. The Morgan fingerprint density at radius 2 is 0.675 bits per heavy atom. The zero-order valence-electron chi connectivity index (χ0n) is 22.7. The van der Waals surface area contributed by atoms with E-state index < -0.39 is 0 Å².